The molecular formula is C79H154O17P2. The minimum atomic E-state index is -4.96. The number of ether oxygens (including phenoxy) is 4. The zero-order chi connectivity index (χ0) is 72.3. The van der Waals surface area contributed by atoms with Gasteiger partial charge in [-0.05, 0) is 43.4 Å². The molecule has 0 aromatic heterocycles. The predicted molar refractivity (Wildman–Crippen MR) is 400 cm³/mol. The third-order valence-corrected chi connectivity index (χ3v) is 20.3. The highest BCUT2D eigenvalue weighted by atomic mass is 31.2. The normalized spacial score (nSPS) is 14.0. The summed E-state index contributed by atoms with van der Waals surface area (Å²) in [5, 5.41) is 10.6. The Balaban J connectivity index is 5.21. The smallest absolute Gasteiger partial charge is 0.462 e. The Morgan fingerprint density at radius 1 is 0.276 bits per heavy atom. The first-order valence-corrected chi connectivity index (χ1v) is 43.8. The summed E-state index contributed by atoms with van der Waals surface area (Å²) in [5.41, 5.74) is 0. The summed E-state index contributed by atoms with van der Waals surface area (Å²) in [4.78, 5) is 72.9. The third-order valence-electron chi connectivity index (χ3n) is 18.4. The minimum Gasteiger partial charge on any atom is -0.462 e. The SMILES string of the molecule is CCCCCCCCCCCCCCCCCCCCCCC(=O)O[C@H](COC(=O)CCCCCCCCCCCCCCCCC(C)C)COP(=O)(O)OC[C@@H](O)COP(=O)(O)OC[C@@H](COC(=O)CCCCCCCCC(C)C)OC(=O)CCCCCCCCCCCC(C)C. The van der Waals surface area contributed by atoms with Crippen molar-refractivity contribution in [3.63, 3.8) is 0 Å². The molecule has 0 aliphatic rings. The molecule has 582 valence electrons. The van der Waals surface area contributed by atoms with Crippen LogP contribution in [0.2, 0.25) is 0 Å². The summed E-state index contributed by atoms with van der Waals surface area (Å²) < 4.78 is 68.6. The summed E-state index contributed by atoms with van der Waals surface area (Å²) >= 11 is 0. The van der Waals surface area contributed by atoms with Gasteiger partial charge in [-0.3, -0.25) is 37.3 Å². The van der Waals surface area contributed by atoms with Crippen LogP contribution in [0, 0.1) is 17.8 Å². The first kappa shape index (κ1) is 96.1. The summed E-state index contributed by atoms with van der Waals surface area (Å²) in [6, 6.07) is 0. The fourth-order valence-electron chi connectivity index (χ4n) is 12.1. The Morgan fingerprint density at radius 2 is 0.469 bits per heavy atom. The van der Waals surface area contributed by atoms with Gasteiger partial charge in [0, 0.05) is 25.7 Å². The van der Waals surface area contributed by atoms with Gasteiger partial charge in [-0.2, -0.15) is 0 Å². The topological polar surface area (TPSA) is 237 Å². The molecule has 5 atom stereocenters. The van der Waals surface area contributed by atoms with Gasteiger partial charge in [0.05, 0.1) is 26.4 Å². The van der Waals surface area contributed by atoms with Gasteiger partial charge in [0.2, 0.25) is 0 Å². The maximum atomic E-state index is 13.1. The van der Waals surface area contributed by atoms with Gasteiger partial charge in [0.1, 0.15) is 19.3 Å². The largest absolute Gasteiger partial charge is 0.472 e. The number of hydrogen-bond acceptors (Lipinski definition) is 15. The summed E-state index contributed by atoms with van der Waals surface area (Å²) in [6.07, 6.45) is 57.2. The maximum Gasteiger partial charge on any atom is 0.472 e. The lowest BCUT2D eigenvalue weighted by atomic mass is 10.0. The van der Waals surface area contributed by atoms with E-state index in [1.807, 2.05) is 0 Å². The number of aliphatic hydroxyl groups is 1. The number of aliphatic hydroxyl groups excluding tert-OH is 1. The van der Waals surface area contributed by atoms with Crippen molar-refractivity contribution in [2.24, 2.45) is 17.8 Å². The van der Waals surface area contributed by atoms with E-state index in [1.54, 1.807) is 0 Å². The average molecular weight is 1440 g/mol. The highest BCUT2D eigenvalue weighted by Gasteiger charge is 2.30. The van der Waals surface area contributed by atoms with Crippen molar-refractivity contribution in [2.75, 3.05) is 39.6 Å². The van der Waals surface area contributed by atoms with E-state index in [0.717, 1.165) is 108 Å². The zero-order valence-corrected chi connectivity index (χ0v) is 66.0. The van der Waals surface area contributed by atoms with Crippen LogP contribution in [-0.2, 0) is 65.4 Å². The van der Waals surface area contributed by atoms with E-state index in [2.05, 4.69) is 48.5 Å². The summed E-state index contributed by atoms with van der Waals surface area (Å²) in [5.74, 6) is 0.0976. The second-order valence-electron chi connectivity index (χ2n) is 29.9. The van der Waals surface area contributed by atoms with E-state index in [-0.39, 0.29) is 25.7 Å². The summed E-state index contributed by atoms with van der Waals surface area (Å²) in [6.45, 7) is 11.8. The minimum absolute atomic E-state index is 0.104. The number of rotatable bonds is 77. The molecule has 0 bridgehead atoms. The molecule has 0 heterocycles. The van der Waals surface area contributed by atoms with Crippen LogP contribution >= 0.6 is 15.6 Å². The molecule has 98 heavy (non-hydrogen) atoms. The molecule has 0 rings (SSSR count). The second kappa shape index (κ2) is 69.4. The molecule has 0 aliphatic heterocycles. The number of unbranched alkanes of at least 4 members (excludes halogenated alkanes) is 45. The molecule has 19 heteroatoms. The van der Waals surface area contributed by atoms with Gasteiger partial charge in [-0.15, -0.1) is 0 Å². The van der Waals surface area contributed by atoms with E-state index < -0.39 is 97.5 Å². The van der Waals surface area contributed by atoms with Gasteiger partial charge in [0.25, 0.3) is 0 Å². The molecule has 0 aliphatic carbocycles. The van der Waals surface area contributed by atoms with Crippen LogP contribution in [0.4, 0.5) is 0 Å². The molecule has 0 saturated carbocycles. The number of carbonyl (C=O) groups is 4. The number of phosphoric ester groups is 2. The standard InChI is InChI=1S/C79H154O17P2/c1-8-9-10-11-12-13-14-15-16-17-18-19-20-21-26-29-34-39-48-55-62-78(83)95-74(66-89-76(81)60-53-46-38-33-28-25-23-22-24-27-31-36-43-50-57-70(2)3)68-93-97(85,86)91-64-73(80)65-92-98(87,88)94-69-75(67-90-77(82)61-54-47-42-41-45-52-59-72(6)7)96-79(84)63-56-49-40-35-30-32-37-44-51-58-71(4)5/h70-75,80H,8-69H2,1-7H3,(H,85,86)(H,87,88)/t73-,74-,75-/m1/s1. The Morgan fingerprint density at radius 3 is 0.694 bits per heavy atom. The zero-order valence-electron chi connectivity index (χ0n) is 64.3. The maximum absolute atomic E-state index is 13.1. The Bertz CT molecular complexity index is 1900. The van der Waals surface area contributed by atoms with Crippen LogP contribution in [0.15, 0.2) is 0 Å². The van der Waals surface area contributed by atoms with Gasteiger partial charge in [0.15, 0.2) is 12.2 Å². The highest BCUT2D eigenvalue weighted by molar-refractivity contribution is 7.47. The van der Waals surface area contributed by atoms with Gasteiger partial charge in [-0.25, -0.2) is 9.13 Å². The first-order valence-electron chi connectivity index (χ1n) is 40.8. The van der Waals surface area contributed by atoms with Gasteiger partial charge < -0.3 is 33.8 Å². The quantitative estimate of drug-likeness (QED) is 0.0222. The van der Waals surface area contributed by atoms with Crippen molar-refractivity contribution in [3.8, 4) is 0 Å². The lowest BCUT2D eigenvalue weighted by Crippen LogP contribution is -2.30. The lowest BCUT2D eigenvalue weighted by Gasteiger charge is -2.21. The molecule has 0 amide bonds. The van der Waals surface area contributed by atoms with Gasteiger partial charge >= 0.3 is 39.5 Å². The molecule has 0 aromatic rings. The van der Waals surface area contributed by atoms with Crippen molar-refractivity contribution in [3.05, 3.63) is 0 Å². The monoisotopic (exact) mass is 1440 g/mol. The third kappa shape index (κ3) is 72.4. The Labute approximate surface area is 600 Å². The predicted octanol–water partition coefficient (Wildman–Crippen LogP) is 23.4. The fraction of sp³-hybridized carbons (Fsp3) is 0.949. The molecule has 2 unspecified atom stereocenters. The van der Waals surface area contributed by atoms with E-state index in [1.165, 1.54) is 212 Å². The number of carbonyl (C=O) groups excluding carboxylic acids is 4. The summed E-state index contributed by atoms with van der Waals surface area (Å²) in [7, 11) is -9.92. The van der Waals surface area contributed by atoms with Crippen molar-refractivity contribution < 1.29 is 80.2 Å². The molecule has 0 fully saturated rings. The average Bonchev–Trinajstić information content (AvgIpc) is 0.938. The lowest BCUT2D eigenvalue weighted by molar-refractivity contribution is -0.161. The molecule has 0 radical (unpaired) electrons. The van der Waals surface area contributed by atoms with Crippen LogP contribution in [0.1, 0.15) is 408 Å². The van der Waals surface area contributed by atoms with Gasteiger partial charge in [-0.1, -0.05) is 357 Å². The number of phosphoric acid groups is 2. The molecule has 3 N–H and O–H groups in total. The molecule has 0 aromatic carbocycles. The van der Waals surface area contributed by atoms with E-state index in [4.69, 9.17) is 37.0 Å². The van der Waals surface area contributed by atoms with Crippen molar-refractivity contribution in [1.29, 1.82) is 0 Å². The van der Waals surface area contributed by atoms with Crippen LogP contribution in [0.25, 0.3) is 0 Å². The van der Waals surface area contributed by atoms with Crippen molar-refractivity contribution in [1.82, 2.24) is 0 Å². The van der Waals surface area contributed by atoms with E-state index >= 15 is 0 Å². The molecular weight excluding hydrogens is 1280 g/mol. The molecule has 17 nitrogen and oxygen atoms in total. The second-order valence-corrected chi connectivity index (χ2v) is 32.8. The van der Waals surface area contributed by atoms with Crippen LogP contribution in [-0.4, -0.2) is 96.7 Å². The van der Waals surface area contributed by atoms with Crippen molar-refractivity contribution in [2.45, 2.75) is 426 Å². The van der Waals surface area contributed by atoms with E-state index in [0.29, 0.717) is 31.6 Å². The van der Waals surface area contributed by atoms with E-state index in [9.17, 15) is 43.2 Å². The molecule has 0 spiro atoms. The van der Waals surface area contributed by atoms with Crippen LogP contribution in [0.3, 0.4) is 0 Å². The van der Waals surface area contributed by atoms with Crippen LogP contribution < -0.4 is 0 Å². The fourth-order valence-corrected chi connectivity index (χ4v) is 13.7. The van der Waals surface area contributed by atoms with Crippen LogP contribution in [0.5, 0.6) is 0 Å². The first-order chi connectivity index (χ1) is 47.2. The molecule has 0 saturated heterocycles. The highest BCUT2D eigenvalue weighted by Crippen LogP contribution is 2.45. The van der Waals surface area contributed by atoms with Crippen molar-refractivity contribution >= 4 is 39.5 Å². The number of esters is 4. The Hall–Kier alpha value is -1.94. The number of hydrogen-bond donors (Lipinski definition) is 3. The Kier molecular flexibility index (Phi) is 68.1.